The van der Waals surface area contributed by atoms with Crippen LogP contribution in [-0.2, 0) is 6.54 Å². The summed E-state index contributed by atoms with van der Waals surface area (Å²) in [6.45, 7) is 3.17. The fourth-order valence-electron chi connectivity index (χ4n) is 3.14. The minimum absolute atomic E-state index is 0.0605. The summed E-state index contributed by atoms with van der Waals surface area (Å²) in [6, 6.07) is 11.9. The van der Waals surface area contributed by atoms with E-state index in [9.17, 15) is 14.9 Å². The third-order valence-corrected chi connectivity index (χ3v) is 5.04. The van der Waals surface area contributed by atoms with Crippen LogP contribution in [0.25, 0.3) is 11.3 Å². The lowest BCUT2D eigenvalue weighted by Crippen LogP contribution is -2.23. The maximum Gasteiger partial charge on any atom is 0.287 e. The molecule has 0 atom stereocenters. The molecule has 12 heteroatoms. The van der Waals surface area contributed by atoms with Crippen molar-refractivity contribution in [2.24, 2.45) is 0 Å². The van der Waals surface area contributed by atoms with Gasteiger partial charge in [-0.05, 0) is 31.2 Å². The van der Waals surface area contributed by atoms with E-state index < -0.39 is 4.92 Å². The van der Waals surface area contributed by atoms with Crippen LogP contribution in [0.5, 0.6) is 0 Å². The van der Waals surface area contributed by atoms with Gasteiger partial charge in [0.1, 0.15) is 12.0 Å². The average molecular weight is 486 g/mol. The molecule has 0 radical (unpaired) electrons. The van der Waals surface area contributed by atoms with E-state index in [2.05, 4.69) is 40.9 Å². The molecular weight excluding hydrogens is 462 g/mol. The van der Waals surface area contributed by atoms with Crippen molar-refractivity contribution in [2.75, 3.05) is 23.7 Å². The number of carbonyl (C=O) groups is 1. The lowest BCUT2D eigenvalue weighted by molar-refractivity contribution is -0.385. The van der Waals surface area contributed by atoms with Gasteiger partial charge in [-0.15, -0.1) is 0 Å². The molecule has 12 nitrogen and oxygen atoms in total. The van der Waals surface area contributed by atoms with Gasteiger partial charge in [-0.1, -0.05) is 12.1 Å². The first-order valence-corrected chi connectivity index (χ1v) is 11.1. The molecule has 1 amide bonds. The second-order valence-electron chi connectivity index (χ2n) is 7.69. The van der Waals surface area contributed by atoms with Crippen LogP contribution in [0, 0.1) is 17.0 Å². The fraction of sp³-hybridized carbons (Fsp3) is 0.167. The van der Waals surface area contributed by atoms with Crippen molar-refractivity contribution in [3.63, 3.8) is 0 Å². The van der Waals surface area contributed by atoms with Gasteiger partial charge in [-0.25, -0.2) is 15.0 Å². The van der Waals surface area contributed by atoms with E-state index in [1.54, 1.807) is 42.9 Å². The predicted octanol–water partition coefficient (Wildman–Crippen LogP) is 3.00. The minimum Gasteiger partial charge on any atom is -0.368 e. The third-order valence-electron chi connectivity index (χ3n) is 5.04. The van der Waals surface area contributed by atoms with E-state index in [1.165, 1.54) is 12.3 Å². The number of anilines is 2. The maximum atomic E-state index is 12.4. The number of aromatic nitrogens is 5. The van der Waals surface area contributed by atoms with Crippen LogP contribution < -0.4 is 16.0 Å². The Bertz CT molecular complexity index is 1330. The van der Waals surface area contributed by atoms with E-state index in [1.807, 2.05) is 19.1 Å². The van der Waals surface area contributed by atoms with Crippen molar-refractivity contribution >= 4 is 23.4 Å². The Hall–Kier alpha value is -5.00. The maximum absolute atomic E-state index is 12.4. The number of amides is 1. The summed E-state index contributed by atoms with van der Waals surface area (Å²) < 4.78 is 0. The molecule has 0 unspecified atom stereocenters. The number of nitrogens with one attached hydrogen (secondary N) is 3. The standard InChI is InChI=1S/C24H23N9O3/c1-16-12-29-19(13-28-16)14-31-23(34)18-4-2-17(3-5-18)21-8-9-26-24(32-21)27-11-10-25-22-7-6-20(15-30-22)33(35)36/h2-9,12-13,15H,10-11,14H2,1H3,(H,25,30)(H,31,34)(H,26,27,32). The molecule has 0 fully saturated rings. The predicted molar refractivity (Wildman–Crippen MR) is 133 cm³/mol. The fourth-order valence-corrected chi connectivity index (χ4v) is 3.14. The van der Waals surface area contributed by atoms with Crippen molar-refractivity contribution in [2.45, 2.75) is 13.5 Å². The zero-order valence-electron chi connectivity index (χ0n) is 19.4. The van der Waals surface area contributed by atoms with E-state index >= 15 is 0 Å². The number of carbonyl (C=O) groups excluding carboxylic acids is 1. The molecule has 1 aromatic carbocycles. The number of aryl methyl sites for hydroxylation is 1. The Morgan fingerprint density at radius 3 is 2.42 bits per heavy atom. The monoisotopic (exact) mass is 485 g/mol. The van der Waals surface area contributed by atoms with Crippen LogP contribution in [0.3, 0.4) is 0 Å². The quantitative estimate of drug-likeness (QED) is 0.173. The van der Waals surface area contributed by atoms with Gasteiger partial charge in [0.15, 0.2) is 0 Å². The van der Waals surface area contributed by atoms with Gasteiger partial charge in [-0.2, -0.15) is 0 Å². The van der Waals surface area contributed by atoms with E-state index in [-0.39, 0.29) is 11.6 Å². The van der Waals surface area contributed by atoms with Gasteiger partial charge in [0.05, 0.1) is 34.7 Å². The molecule has 3 aromatic heterocycles. The van der Waals surface area contributed by atoms with Gasteiger partial charge < -0.3 is 16.0 Å². The van der Waals surface area contributed by atoms with E-state index in [0.29, 0.717) is 48.4 Å². The number of hydrogen-bond acceptors (Lipinski definition) is 10. The van der Waals surface area contributed by atoms with E-state index in [0.717, 1.165) is 11.3 Å². The smallest absolute Gasteiger partial charge is 0.287 e. The Morgan fingerprint density at radius 2 is 1.72 bits per heavy atom. The summed E-state index contributed by atoms with van der Waals surface area (Å²) in [4.78, 5) is 43.8. The lowest BCUT2D eigenvalue weighted by atomic mass is 10.1. The number of pyridine rings is 1. The van der Waals surface area contributed by atoms with Crippen molar-refractivity contribution in [1.29, 1.82) is 0 Å². The minimum atomic E-state index is -0.493. The van der Waals surface area contributed by atoms with E-state index in [4.69, 9.17) is 0 Å². The highest BCUT2D eigenvalue weighted by atomic mass is 16.6. The third kappa shape index (κ3) is 6.53. The summed E-state index contributed by atoms with van der Waals surface area (Å²) in [5.41, 5.74) is 3.52. The summed E-state index contributed by atoms with van der Waals surface area (Å²) >= 11 is 0. The van der Waals surface area contributed by atoms with Crippen LogP contribution in [0.2, 0.25) is 0 Å². The van der Waals surface area contributed by atoms with Gasteiger partial charge in [-0.3, -0.25) is 24.9 Å². The summed E-state index contributed by atoms with van der Waals surface area (Å²) in [5, 5.41) is 19.7. The largest absolute Gasteiger partial charge is 0.368 e. The highest BCUT2D eigenvalue weighted by molar-refractivity contribution is 5.94. The molecule has 3 N–H and O–H groups in total. The van der Waals surface area contributed by atoms with Crippen LogP contribution in [-0.4, -0.2) is 48.8 Å². The van der Waals surface area contributed by atoms with Crippen molar-refractivity contribution < 1.29 is 9.72 Å². The molecule has 36 heavy (non-hydrogen) atoms. The Morgan fingerprint density at radius 1 is 0.917 bits per heavy atom. The first kappa shape index (κ1) is 24.1. The molecule has 182 valence electrons. The number of rotatable bonds is 10. The molecule has 3 heterocycles. The molecule has 0 saturated carbocycles. The van der Waals surface area contributed by atoms with Gasteiger partial charge >= 0.3 is 0 Å². The lowest BCUT2D eigenvalue weighted by Gasteiger charge is -2.09. The molecule has 4 aromatic rings. The molecule has 0 saturated heterocycles. The van der Waals surface area contributed by atoms with Crippen molar-refractivity contribution in [3.8, 4) is 11.3 Å². The Balaban J connectivity index is 1.28. The molecular formula is C24H23N9O3. The van der Waals surface area contributed by atoms with Gasteiger partial charge in [0, 0.05) is 42.7 Å². The molecule has 0 aliphatic rings. The Labute approximate surface area is 206 Å². The van der Waals surface area contributed by atoms with Crippen molar-refractivity contribution in [3.05, 3.63) is 94.3 Å². The zero-order valence-corrected chi connectivity index (χ0v) is 19.4. The molecule has 0 aliphatic carbocycles. The van der Waals surface area contributed by atoms with Crippen LogP contribution >= 0.6 is 0 Å². The normalized spacial score (nSPS) is 10.5. The summed E-state index contributed by atoms with van der Waals surface area (Å²) in [6.07, 6.45) is 6.16. The second kappa shape index (κ2) is 11.4. The van der Waals surface area contributed by atoms with Gasteiger partial charge in [0.25, 0.3) is 11.6 Å². The highest BCUT2D eigenvalue weighted by Gasteiger charge is 2.08. The summed E-state index contributed by atoms with van der Waals surface area (Å²) in [7, 11) is 0. The molecule has 0 aliphatic heterocycles. The molecule has 4 rings (SSSR count). The van der Waals surface area contributed by atoms with Crippen LogP contribution in [0.1, 0.15) is 21.7 Å². The average Bonchev–Trinajstić information content (AvgIpc) is 2.91. The van der Waals surface area contributed by atoms with Crippen LogP contribution in [0.15, 0.2) is 67.3 Å². The number of nitro groups is 1. The number of hydrogen-bond donors (Lipinski definition) is 3. The van der Waals surface area contributed by atoms with Gasteiger partial charge in [0.2, 0.25) is 5.95 Å². The Kier molecular flexibility index (Phi) is 7.66. The summed E-state index contributed by atoms with van der Waals surface area (Å²) in [5.74, 6) is 0.781. The SMILES string of the molecule is Cc1cnc(CNC(=O)c2ccc(-c3ccnc(NCCNc4ccc([N+](=O)[O-])cn4)n3)cc2)cn1. The second-order valence-corrected chi connectivity index (χ2v) is 7.69. The zero-order chi connectivity index (χ0) is 25.3. The molecule has 0 spiro atoms. The topological polar surface area (TPSA) is 161 Å². The van der Waals surface area contributed by atoms with Crippen LogP contribution in [0.4, 0.5) is 17.5 Å². The van der Waals surface area contributed by atoms with Crippen molar-refractivity contribution in [1.82, 2.24) is 30.2 Å². The highest BCUT2D eigenvalue weighted by Crippen LogP contribution is 2.18. The first-order chi connectivity index (χ1) is 17.5. The molecule has 0 bridgehead atoms. The number of benzene rings is 1. The number of nitrogens with zero attached hydrogens (tertiary/aromatic N) is 6. The first-order valence-electron chi connectivity index (χ1n) is 11.1.